The molecule has 3 rings (SSSR count). The Bertz CT molecular complexity index is 756. The molecule has 0 aliphatic rings. The molecule has 0 saturated carbocycles. The van der Waals surface area contributed by atoms with Gasteiger partial charge in [0.2, 0.25) is 5.82 Å². The fourth-order valence-electron chi connectivity index (χ4n) is 1.73. The summed E-state index contributed by atoms with van der Waals surface area (Å²) in [5, 5.41) is 9.96. The highest BCUT2D eigenvalue weighted by molar-refractivity contribution is 7.97. The van der Waals surface area contributed by atoms with Crippen molar-refractivity contribution in [2.75, 3.05) is 0 Å². The van der Waals surface area contributed by atoms with Crippen molar-refractivity contribution in [1.82, 2.24) is 15.1 Å². The first-order valence-corrected chi connectivity index (χ1v) is 7.43. The van der Waals surface area contributed by atoms with E-state index >= 15 is 0 Å². The lowest BCUT2D eigenvalue weighted by atomic mass is 10.2. The van der Waals surface area contributed by atoms with Gasteiger partial charge in [0.05, 0.1) is 0 Å². The van der Waals surface area contributed by atoms with Gasteiger partial charge in [-0.05, 0) is 48.3 Å². The van der Waals surface area contributed by atoms with Gasteiger partial charge in [0.1, 0.15) is 10.3 Å². The SMILES string of the molecule is NSc1ccc(-c2noc(-c3cc(Cl)nc(Cl)c3)n2)cc1. The van der Waals surface area contributed by atoms with Crippen LogP contribution in [0.25, 0.3) is 22.8 Å². The van der Waals surface area contributed by atoms with Crippen LogP contribution < -0.4 is 5.14 Å². The van der Waals surface area contributed by atoms with Gasteiger partial charge in [0, 0.05) is 16.0 Å². The van der Waals surface area contributed by atoms with Crippen molar-refractivity contribution in [3.8, 4) is 22.8 Å². The van der Waals surface area contributed by atoms with E-state index in [0.717, 1.165) is 10.5 Å². The molecule has 0 atom stereocenters. The smallest absolute Gasteiger partial charge is 0.258 e. The van der Waals surface area contributed by atoms with Crippen molar-refractivity contribution in [2.45, 2.75) is 4.90 Å². The molecule has 1 aromatic carbocycles. The maximum absolute atomic E-state index is 5.86. The summed E-state index contributed by atoms with van der Waals surface area (Å²) in [6.45, 7) is 0. The molecule has 0 fully saturated rings. The quantitative estimate of drug-likeness (QED) is 0.572. The van der Waals surface area contributed by atoms with E-state index in [2.05, 4.69) is 15.1 Å². The molecule has 0 spiro atoms. The number of halogens is 2. The predicted octanol–water partition coefficient (Wildman–Crippen LogP) is 4.07. The fraction of sp³-hybridized carbons (Fsp3) is 0. The summed E-state index contributed by atoms with van der Waals surface area (Å²) < 4.78 is 5.24. The van der Waals surface area contributed by atoms with E-state index in [4.69, 9.17) is 32.9 Å². The van der Waals surface area contributed by atoms with E-state index in [0.29, 0.717) is 17.3 Å². The molecular weight excluding hydrogens is 331 g/mol. The molecule has 0 radical (unpaired) electrons. The van der Waals surface area contributed by atoms with Crippen molar-refractivity contribution >= 4 is 35.1 Å². The van der Waals surface area contributed by atoms with Gasteiger partial charge in [0.15, 0.2) is 0 Å². The minimum Gasteiger partial charge on any atom is -0.334 e. The van der Waals surface area contributed by atoms with E-state index in [1.807, 2.05) is 24.3 Å². The fourth-order valence-corrected chi connectivity index (χ4v) is 2.48. The first-order valence-electron chi connectivity index (χ1n) is 5.80. The molecule has 2 N–H and O–H groups in total. The Labute approximate surface area is 134 Å². The lowest BCUT2D eigenvalue weighted by Gasteiger charge is -1.97. The molecule has 5 nitrogen and oxygen atoms in total. The molecule has 0 unspecified atom stereocenters. The number of aromatic nitrogens is 3. The van der Waals surface area contributed by atoms with E-state index in [9.17, 15) is 0 Å². The van der Waals surface area contributed by atoms with E-state index in [1.165, 1.54) is 11.9 Å². The monoisotopic (exact) mass is 338 g/mol. The van der Waals surface area contributed by atoms with Crippen LogP contribution >= 0.6 is 35.1 Å². The summed E-state index contributed by atoms with van der Waals surface area (Å²) in [5.74, 6) is 0.802. The Morgan fingerprint density at radius 1 is 0.952 bits per heavy atom. The standard InChI is InChI=1S/C13H8Cl2N4OS/c14-10-5-8(6-11(15)17-10)13-18-12(19-20-13)7-1-3-9(21-16)4-2-7/h1-6H,16H2. The van der Waals surface area contributed by atoms with Crippen LogP contribution in [0.5, 0.6) is 0 Å². The number of rotatable bonds is 3. The van der Waals surface area contributed by atoms with Crippen molar-refractivity contribution in [3.63, 3.8) is 0 Å². The predicted molar refractivity (Wildman–Crippen MR) is 83.0 cm³/mol. The van der Waals surface area contributed by atoms with Crippen LogP contribution in [-0.4, -0.2) is 15.1 Å². The highest BCUT2D eigenvalue weighted by atomic mass is 35.5. The number of hydrogen-bond acceptors (Lipinski definition) is 6. The molecule has 0 aliphatic heterocycles. The van der Waals surface area contributed by atoms with Gasteiger partial charge < -0.3 is 4.52 Å². The van der Waals surface area contributed by atoms with Crippen molar-refractivity contribution in [2.24, 2.45) is 5.14 Å². The molecule has 3 aromatic rings. The second-order valence-corrected chi connectivity index (χ2v) is 5.55. The summed E-state index contributed by atoms with van der Waals surface area (Å²) >= 11 is 12.9. The Hall–Kier alpha value is -1.60. The highest BCUT2D eigenvalue weighted by Gasteiger charge is 2.12. The Balaban J connectivity index is 1.95. The lowest BCUT2D eigenvalue weighted by molar-refractivity contribution is 0.432. The van der Waals surface area contributed by atoms with Gasteiger partial charge in [-0.1, -0.05) is 28.4 Å². The summed E-state index contributed by atoms with van der Waals surface area (Å²) in [6, 6.07) is 10.7. The summed E-state index contributed by atoms with van der Waals surface area (Å²) in [4.78, 5) is 9.15. The first kappa shape index (κ1) is 14.3. The van der Waals surface area contributed by atoms with E-state index in [1.54, 1.807) is 12.1 Å². The second-order valence-electron chi connectivity index (χ2n) is 4.07. The zero-order valence-electron chi connectivity index (χ0n) is 10.5. The van der Waals surface area contributed by atoms with Crippen LogP contribution in [0.1, 0.15) is 0 Å². The summed E-state index contributed by atoms with van der Waals surface area (Å²) in [7, 11) is 0. The second kappa shape index (κ2) is 6.03. The van der Waals surface area contributed by atoms with Crippen LogP contribution in [0.3, 0.4) is 0 Å². The largest absolute Gasteiger partial charge is 0.334 e. The first-order chi connectivity index (χ1) is 10.2. The van der Waals surface area contributed by atoms with Gasteiger partial charge in [-0.2, -0.15) is 4.98 Å². The average Bonchev–Trinajstić information content (AvgIpc) is 2.96. The lowest BCUT2D eigenvalue weighted by Crippen LogP contribution is -1.84. The van der Waals surface area contributed by atoms with Crippen molar-refractivity contribution in [3.05, 3.63) is 46.7 Å². The molecule has 2 aromatic heterocycles. The molecule has 0 bridgehead atoms. The zero-order valence-corrected chi connectivity index (χ0v) is 12.8. The third kappa shape index (κ3) is 3.19. The number of nitrogens with two attached hydrogens (primary N) is 1. The van der Waals surface area contributed by atoms with Gasteiger partial charge in [0.25, 0.3) is 5.89 Å². The Kier molecular flexibility index (Phi) is 4.12. The minimum atomic E-state index is 0.265. The molecule has 2 heterocycles. The van der Waals surface area contributed by atoms with Gasteiger partial charge in [-0.3, -0.25) is 5.14 Å². The van der Waals surface area contributed by atoms with Crippen LogP contribution in [-0.2, 0) is 0 Å². The normalized spacial score (nSPS) is 10.8. The summed E-state index contributed by atoms with van der Waals surface area (Å²) in [6.07, 6.45) is 0. The minimum absolute atomic E-state index is 0.265. The third-order valence-corrected chi connectivity index (χ3v) is 3.62. The topological polar surface area (TPSA) is 77.8 Å². The molecular formula is C13H8Cl2N4OS. The van der Waals surface area contributed by atoms with Crippen LogP contribution in [0, 0.1) is 0 Å². The van der Waals surface area contributed by atoms with Crippen LogP contribution in [0.15, 0.2) is 45.8 Å². The molecule has 0 aliphatic carbocycles. The van der Waals surface area contributed by atoms with Gasteiger partial charge in [-0.25, -0.2) is 4.98 Å². The molecule has 0 saturated heterocycles. The van der Waals surface area contributed by atoms with Crippen molar-refractivity contribution in [1.29, 1.82) is 0 Å². The van der Waals surface area contributed by atoms with Gasteiger partial charge in [-0.15, -0.1) is 0 Å². The number of nitrogens with zero attached hydrogens (tertiary/aromatic N) is 3. The van der Waals surface area contributed by atoms with Gasteiger partial charge >= 0.3 is 0 Å². The molecule has 106 valence electrons. The number of pyridine rings is 1. The summed E-state index contributed by atoms with van der Waals surface area (Å²) in [5.41, 5.74) is 1.45. The van der Waals surface area contributed by atoms with E-state index < -0.39 is 0 Å². The number of benzene rings is 1. The zero-order chi connectivity index (χ0) is 14.8. The van der Waals surface area contributed by atoms with E-state index in [-0.39, 0.29) is 10.3 Å². The maximum Gasteiger partial charge on any atom is 0.258 e. The highest BCUT2D eigenvalue weighted by Crippen LogP contribution is 2.26. The van der Waals surface area contributed by atoms with Crippen LogP contribution in [0.2, 0.25) is 10.3 Å². The maximum atomic E-state index is 5.86. The van der Waals surface area contributed by atoms with Crippen molar-refractivity contribution < 1.29 is 4.52 Å². The molecule has 0 amide bonds. The molecule has 8 heteroatoms. The Morgan fingerprint density at radius 2 is 1.62 bits per heavy atom. The number of hydrogen-bond donors (Lipinski definition) is 1. The average molecular weight is 339 g/mol. The Morgan fingerprint density at radius 3 is 2.24 bits per heavy atom. The van der Waals surface area contributed by atoms with Crippen LogP contribution in [0.4, 0.5) is 0 Å². The molecule has 21 heavy (non-hydrogen) atoms. The third-order valence-electron chi connectivity index (χ3n) is 2.68.